The summed E-state index contributed by atoms with van der Waals surface area (Å²) in [6, 6.07) is 6.20. The summed E-state index contributed by atoms with van der Waals surface area (Å²) in [6.45, 7) is 6.24. The summed E-state index contributed by atoms with van der Waals surface area (Å²) in [5.41, 5.74) is 3.68. The van der Waals surface area contributed by atoms with Crippen LogP contribution in [0.4, 0.5) is 5.69 Å². The quantitative estimate of drug-likeness (QED) is 0.792. The molecule has 1 amide bonds. The van der Waals surface area contributed by atoms with Gasteiger partial charge in [0.1, 0.15) is 0 Å². The molecule has 17 heavy (non-hydrogen) atoms. The van der Waals surface area contributed by atoms with E-state index in [1.165, 1.54) is 24.0 Å². The fourth-order valence-corrected chi connectivity index (χ4v) is 1.97. The predicted molar refractivity (Wildman–Crippen MR) is 73.4 cm³/mol. The van der Waals surface area contributed by atoms with Crippen molar-refractivity contribution in [3.05, 3.63) is 29.3 Å². The number of hydrogen-bond acceptors (Lipinski definition) is 1. The smallest absolute Gasteiger partial charge is 0.224 e. The van der Waals surface area contributed by atoms with Crippen LogP contribution in [-0.4, -0.2) is 5.91 Å². The van der Waals surface area contributed by atoms with Crippen LogP contribution in [0.1, 0.15) is 51.2 Å². The number of nitrogens with one attached hydrogen (secondary N) is 1. The second kappa shape index (κ2) is 7.10. The molecule has 1 rings (SSSR count). The third kappa shape index (κ3) is 3.88. The van der Waals surface area contributed by atoms with E-state index >= 15 is 0 Å². The van der Waals surface area contributed by atoms with Crippen LogP contribution >= 0.6 is 0 Å². The number of unbranched alkanes of at least 4 members (excludes halogenated alkanes) is 1. The van der Waals surface area contributed by atoms with Crippen molar-refractivity contribution < 1.29 is 4.79 Å². The average Bonchev–Trinajstić information content (AvgIpc) is 2.36. The standard InChI is InChI=1S/C15H23NO/c1-4-7-10-13-12(5-2)9-8-11-14(13)16-15(17)6-3/h8-9,11H,4-7,10H2,1-3H3,(H,16,17). The first kappa shape index (κ1) is 13.8. The van der Waals surface area contributed by atoms with Gasteiger partial charge in [-0.1, -0.05) is 39.3 Å². The van der Waals surface area contributed by atoms with Gasteiger partial charge in [0, 0.05) is 12.1 Å². The summed E-state index contributed by atoms with van der Waals surface area (Å²) >= 11 is 0. The number of hydrogen-bond donors (Lipinski definition) is 1. The van der Waals surface area contributed by atoms with Gasteiger partial charge < -0.3 is 5.32 Å². The molecule has 0 radical (unpaired) electrons. The van der Waals surface area contributed by atoms with E-state index in [0.717, 1.165) is 18.5 Å². The van der Waals surface area contributed by atoms with Gasteiger partial charge >= 0.3 is 0 Å². The van der Waals surface area contributed by atoms with Crippen molar-refractivity contribution >= 4 is 11.6 Å². The third-order valence-electron chi connectivity index (χ3n) is 3.03. The van der Waals surface area contributed by atoms with E-state index in [1.807, 2.05) is 19.1 Å². The number of anilines is 1. The van der Waals surface area contributed by atoms with Gasteiger partial charge in [0.05, 0.1) is 0 Å². The molecule has 0 aliphatic carbocycles. The van der Waals surface area contributed by atoms with Crippen LogP contribution in [-0.2, 0) is 17.6 Å². The highest BCUT2D eigenvalue weighted by atomic mass is 16.1. The molecular weight excluding hydrogens is 210 g/mol. The van der Waals surface area contributed by atoms with Gasteiger partial charge in [-0.3, -0.25) is 4.79 Å². The zero-order valence-corrected chi connectivity index (χ0v) is 11.2. The van der Waals surface area contributed by atoms with Crippen LogP contribution < -0.4 is 5.32 Å². The molecule has 2 heteroatoms. The van der Waals surface area contributed by atoms with Gasteiger partial charge in [-0.2, -0.15) is 0 Å². The van der Waals surface area contributed by atoms with E-state index in [4.69, 9.17) is 0 Å². The highest BCUT2D eigenvalue weighted by Gasteiger charge is 2.08. The largest absolute Gasteiger partial charge is 0.326 e. The Hall–Kier alpha value is -1.31. The Balaban J connectivity index is 2.96. The van der Waals surface area contributed by atoms with Crippen molar-refractivity contribution in [1.82, 2.24) is 0 Å². The van der Waals surface area contributed by atoms with Crippen LogP contribution in [0.25, 0.3) is 0 Å². The number of amides is 1. The van der Waals surface area contributed by atoms with Gasteiger partial charge in [-0.05, 0) is 36.5 Å². The molecule has 0 aliphatic rings. The third-order valence-corrected chi connectivity index (χ3v) is 3.03. The zero-order chi connectivity index (χ0) is 12.7. The van der Waals surface area contributed by atoms with Crippen molar-refractivity contribution in [2.24, 2.45) is 0 Å². The molecular formula is C15H23NO. The first-order valence-electron chi connectivity index (χ1n) is 6.63. The van der Waals surface area contributed by atoms with Gasteiger partial charge in [0.25, 0.3) is 0 Å². The summed E-state index contributed by atoms with van der Waals surface area (Å²) in [5, 5.41) is 3.00. The number of carbonyl (C=O) groups is 1. The van der Waals surface area contributed by atoms with Crippen molar-refractivity contribution in [2.75, 3.05) is 5.32 Å². The topological polar surface area (TPSA) is 29.1 Å². The van der Waals surface area contributed by atoms with Crippen LogP contribution in [0.5, 0.6) is 0 Å². The predicted octanol–water partition coefficient (Wildman–Crippen LogP) is 3.94. The van der Waals surface area contributed by atoms with E-state index in [-0.39, 0.29) is 5.91 Å². The first-order chi connectivity index (χ1) is 8.22. The van der Waals surface area contributed by atoms with E-state index < -0.39 is 0 Å². The van der Waals surface area contributed by atoms with Crippen LogP contribution in [0.15, 0.2) is 18.2 Å². The molecule has 0 unspecified atom stereocenters. The van der Waals surface area contributed by atoms with Crippen molar-refractivity contribution in [3.63, 3.8) is 0 Å². The molecule has 0 heterocycles. The molecule has 0 fully saturated rings. The van der Waals surface area contributed by atoms with Gasteiger partial charge in [-0.15, -0.1) is 0 Å². The molecule has 0 spiro atoms. The molecule has 2 nitrogen and oxygen atoms in total. The maximum atomic E-state index is 11.5. The van der Waals surface area contributed by atoms with E-state index in [1.54, 1.807) is 0 Å². The maximum Gasteiger partial charge on any atom is 0.224 e. The number of rotatable bonds is 6. The molecule has 0 saturated heterocycles. The molecule has 0 atom stereocenters. The van der Waals surface area contributed by atoms with Crippen LogP contribution in [0.2, 0.25) is 0 Å². The zero-order valence-electron chi connectivity index (χ0n) is 11.2. The molecule has 94 valence electrons. The van der Waals surface area contributed by atoms with Gasteiger partial charge in [-0.25, -0.2) is 0 Å². The van der Waals surface area contributed by atoms with Crippen LogP contribution in [0, 0.1) is 0 Å². The molecule has 1 aromatic carbocycles. The molecule has 0 saturated carbocycles. The highest BCUT2D eigenvalue weighted by molar-refractivity contribution is 5.91. The summed E-state index contributed by atoms with van der Waals surface area (Å²) in [7, 11) is 0. The Morgan fingerprint density at radius 2 is 2.00 bits per heavy atom. The highest BCUT2D eigenvalue weighted by Crippen LogP contribution is 2.23. The normalized spacial score (nSPS) is 10.3. The fraction of sp³-hybridized carbons (Fsp3) is 0.533. The van der Waals surface area contributed by atoms with Crippen molar-refractivity contribution in [2.45, 2.75) is 52.9 Å². The maximum absolute atomic E-state index is 11.5. The molecule has 1 aromatic rings. The number of carbonyl (C=O) groups excluding carboxylic acids is 1. The molecule has 0 aromatic heterocycles. The minimum atomic E-state index is 0.0935. The Morgan fingerprint density at radius 3 is 2.59 bits per heavy atom. The Kier molecular flexibility index (Phi) is 5.75. The average molecular weight is 233 g/mol. The summed E-state index contributed by atoms with van der Waals surface area (Å²) in [4.78, 5) is 11.5. The minimum Gasteiger partial charge on any atom is -0.326 e. The van der Waals surface area contributed by atoms with Crippen LogP contribution in [0.3, 0.4) is 0 Å². The van der Waals surface area contributed by atoms with E-state index in [2.05, 4.69) is 25.2 Å². The van der Waals surface area contributed by atoms with Crippen molar-refractivity contribution in [1.29, 1.82) is 0 Å². The first-order valence-corrected chi connectivity index (χ1v) is 6.63. The monoisotopic (exact) mass is 233 g/mol. The summed E-state index contributed by atoms with van der Waals surface area (Å²) in [5.74, 6) is 0.0935. The molecule has 1 N–H and O–H groups in total. The van der Waals surface area contributed by atoms with Crippen molar-refractivity contribution in [3.8, 4) is 0 Å². The SMILES string of the molecule is CCCCc1c(CC)cccc1NC(=O)CC. The number of benzene rings is 1. The lowest BCUT2D eigenvalue weighted by Gasteiger charge is -2.14. The lowest BCUT2D eigenvalue weighted by atomic mass is 9.98. The Bertz CT molecular complexity index is 371. The lowest BCUT2D eigenvalue weighted by molar-refractivity contribution is -0.115. The Morgan fingerprint density at radius 1 is 1.24 bits per heavy atom. The fourth-order valence-electron chi connectivity index (χ4n) is 1.97. The van der Waals surface area contributed by atoms with E-state index in [0.29, 0.717) is 6.42 Å². The summed E-state index contributed by atoms with van der Waals surface area (Å²) in [6.07, 6.45) is 4.96. The minimum absolute atomic E-state index is 0.0935. The number of aryl methyl sites for hydroxylation is 1. The molecule has 0 bridgehead atoms. The second-order valence-corrected chi connectivity index (χ2v) is 4.30. The second-order valence-electron chi connectivity index (χ2n) is 4.30. The van der Waals surface area contributed by atoms with Gasteiger partial charge in [0.2, 0.25) is 5.91 Å². The Labute approximate surface area is 104 Å². The summed E-state index contributed by atoms with van der Waals surface area (Å²) < 4.78 is 0. The van der Waals surface area contributed by atoms with Gasteiger partial charge in [0.15, 0.2) is 0 Å². The van der Waals surface area contributed by atoms with E-state index in [9.17, 15) is 4.79 Å². The lowest BCUT2D eigenvalue weighted by Crippen LogP contribution is -2.12. The molecule has 0 aliphatic heterocycles.